The van der Waals surface area contributed by atoms with Crippen LogP contribution in [0.4, 0.5) is 19.0 Å². The first-order chi connectivity index (χ1) is 9.86. The number of rotatable bonds is 2. The average molecular weight is 314 g/mol. The summed E-state index contributed by atoms with van der Waals surface area (Å²) >= 11 is 1.27. The molecule has 0 aliphatic carbocycles. The van der Waals surface area contributed by atoms with Crippen molar-refractivity contribution in [2.75, 3.05) is 5.73 Å². The predicted molar refractivity (Wildman–Crippen MR) is 71.3 cm³/mol. The molecule has 0 spiro atoms. The maximum absolute atomic E-state index is 12.7. The Morgan fingerprint density at radius 1 is 1.24 bits per heavy atom. The molecule has 6 nitrogen and oxygen atoms in total. The second kappa shape index (κ2) is 4.58. The Morgan fingerprint density at radius 3 is 2.52 bits per heavy atom. The van der Waals surface area contributed by atoms with Crippen LogP contribution in [0.15, 0.2) is 18.2 Å². The fourth-order valence-electron chi connectivity index (χ4n) is 1.86. The zero-order valence-electron chi connectivity index (χ0n) is 10.6. The van der Waals surface area contributed by atoms with Gasteiger partial charge in [-0.05, 0) is 18.2 Å². The molecule has 10 heteroatoms. The third kappa shape index (κ3) is 2.37. The van der Waals surface area contributed by atoms with Crippen molar-refractivity contribution in [2.24, 2.45) is 7.05 Å². The van der Waals surface area contributed by atoms with E-state index in [1.807, 2.05) is 0 Å². The Labute approximate surface area is 120 Å². The van der Waals surface area contributed by atoms with Gasteiger partial charge in [0.1, 0.15) is 5.69 Å². The molecule has 3 aromatic rings. The zero-order valence-corrected chi connectivity index (χ0v) is 11.5. The van der Waals surface area contributed by atoms with Gasteiger partial charge in [-0.15, -0.1) is 16.4 Å². The van der Waals surface area contributed by atoms with E-state index in [4.69, 9.17) is 5.73 Å². The quantitative estimate of drug-likeness (QED) is 0.761. The summed E-state index contributed by atoms with van der Waals surface area (Å²) in [6.07, 6.45) is -4.47. The minimum absolute atomic E-state index is 0.240. The number of nitrogens with one attached hydrogen (secondary N) is 1. The highest BCUT2D eigenvalue weighted by Gasteiger charge is 2.34. The van der Waals surface area contributed by atoms with Crippen molar-refractivity contribution in [3.63, 3.8) is 0 Å². The molecule has 21 heavy (non-hydrogen) atoms. The van der Waals surface area contributed by atoms with Crippen molar-refractivity contribution in [2.45, 2.75) is 6.18 Å². The van der Waals surface area contributed by atoms with Gasteiger partial charge >= 0.3 is 6.18 Å². The van der Waals surface area contributed by atoms with Gasteiger partial charge in [0.05, 0.1) is 15.4 Å². The Balaban J connectivity index is 2.01. The van der Waals surface area contributed by atoms with Crippen LogP contribution in [0.3, 0.4) is 0 Å². The first-order valence-corrected chi connectivity index (χ1v) is 6.56. The molecule has 3 aromatic heterocycles. The number of nitrogens with two attached hydrogens (primary N) is 1. The van der Waals surface area contributed by atoms with Crippen LogP contribution in [0.5, 0.6) is 0 Å². The van der Waals surface area contributed by atoms with E-state index in [-0.39, 0.29) is 5.82 Å². The number of thiophene rings is 1. The van der Waals surface area contributed by atoms with Crippen molar-refractivity contribution >= 4 is 17.2 Å². The molecule has 3 N–H and O–H groups in total. The Hall–Kier alpha value is -2.36. The maximum atomic E-state index is 12.7. The van der Waals surface area contributed by atoms with Crippen molar-refractivity contribution in [1.29, 1.82) is 0 Å². The van der Waals surface area contributed by atoms with Crippen LogP contribution < -0.4 is 5.73 Å². The lowest BCUT2D eigenvalue weighted by Crippen LogP contribution is -2.06. The van der Waals surface area contributed by atoms with Crippen LogP contribution in [-0.4, -0.2) is 25.2 Å². The summed E-state index contributed by atoms with van der Waals surface area (Å²) in [5, 5.41) is 13.5. The van der Waals surface area contributed by atoms with Crippen LogP contribution in [-0.2, 0) is 13.2 Å². The Morgan fingerprint density at radius 2 is 1.95 bits per heavy atom. The number of halogens is 3. The number of nitrogens with zero attached hydrogens (tertiary/aromatic N) is 4. The molecule has 3 rings (SSSR count). The SMILES string of the molecule is Cn1nc(C(F)(F)F)cc1-c1ccc(-c2n[nH]nc2N)s1. The van der Waals surface area contributed by atoms with Crippen molar-refractivity contribution in [1.82, 2.24) is 25.2 Å². The number of alkyl halides is 3. The first kappa shape index (κ1) is 13.6. The number of nitrogen functional groups attached to an aromatic ring is 1. The largest absolute Gasteiger partial charge is 0.435 e. The van der Waals surface area contributed by atoms with Gasteiger partial charge in [0, 0.05) is 7.05 Å². The van der Waals surface area contributed by atoms with Crippen LogP contribution >= 0.6 is 11.3 Å². The monoisotopic (exact) mass is 314 g/mol. The van der Waals surface area contributed by atoms with E-state index in [0.717, 1.165) is 6.07 Å². The standard InChI is InChI=1S/C11H9F3N6S/c1-20-5(4-8(18-20)11(12,13)14)6-2-3-7(21-6)9-10(15)17-19-16-9/h2-4H,1H3,(H3,15,16,17,19). The number of H-pyrrole nitrogens is 1. The third-order valence-corrected chi connectivity index (χ3v) is 3.95. The van der Waals surface area contributed by atoms with Gasteiger partial charge in [0.15, 0.2) is 11.5 Å². The molecule has 0 saturated heterocycles. The molecule has 0 bridgehead atoms. The summed E-state index contributed by atoms with van der Waals surface area (Å²) in [7, 11) is 1.47. The number of anilines is 1. The van der Waals surface area contributed by atoms with Crippen LogP contribution in [0, 0.1) is 0 Å². The van der Waals surface area contributed by atoms with Gasteiger partial charge in [-0.25, -0.2) is 0 Å². The molecule has 0 saturated carbocycles. The van der Waals surface area contributed by atoms with Gasteiger partial charge in [-0.1, -0.05) is 0 Å². The highest BCUT2D eigenvalue weighted by Crippen LogP contribution is 2.37. The van der Waals surface area contributed by atoms with Gasteiger partial charge in [0.25, 0.3) is 0 Å². The molecule has 0 atom stereocenters. The minimum Gasteiger partial charge on any atom is -0.380 e. The molecular formula is C11H9F3N6S. The maximum Gasteiger partial charge on any atom is 0.435 e. The summed E-state index contributed by atoms with van der Waals surface area (Å²) in [6.45, 7) is 0. The van der Waals surface area contributed by atoms with Crippen molar-refractivity contribution < 1.29 is 13.2 Å². The number of aryl methyl sites for hydroxylation is 1. The molecule has 0 unspecified atom stereocenters. The summed E-state index contributed by atoms with van der Waals surface area (Å²) in [4.78, 5) is 1.35. The molecular weight excluding hydrogens is 305 g/mol. The Kier molecular flexibility index (Phi) is 2.97. The van der Waals surface area contributed by atoms with Crippen LogP contribution in [0.2, 0.25) is 0 Å². The van der Waals surface area contributed by atoms with E-state index in [0.29, 0.717) is 21.1 Å². The first-order valence-electron chi connectivity index (χ1n) is 5.74. The predicted octanol–water partition coefficient (Wildman–Crippen LogP) is 2.53. The minimum atomic E-state index is -4.47. The molecule has 0 amide bonds. The molecule has 0 fully saturated rings. The number of aromatic nitrogens is 5. The van der Waals surface area contributed by atoms with Crippen LogP contribution in [0.25, 0.3) is 21.1 Å². The van der Waals surface area contributed by atoms with Gasteiger partial charge in [-0.2, -0.15) is 28.6 Å². The number of hydrogen-bond acceptors (Lipinski definition) is 5. The fourth-order valence-corrected chi connectivity index (χ4v) is 2.91. The van der Waals surface area contributed by atoms with E-state index in [9.17, 15) is 13.2 Å². The van der Waals surface area contributed by atoms with Gasteiger partial charge < -0.3 is 5.73 Å². The topological polar surface area (TPSA) is 85.4 Å². The lowest BCUT2D eigenvalue weighted by molar-refractivity contribution is -0.141. The van der Waals surface area contributed by atoms with Gasteiger partial charge in [-0.3, -0.25) is 4.68 Å². The third-order valence-electron chi connectivity index (χ3n) is 2.84. The van der Waals surface area contributed by atoms with Crippen molar-refractivity contribution in [3.05, 3.63) is 23.9 Å². The van der Waals surface area contributed by atoms with E-state index in [2.05, 4.69) is 20.5 Å². The molecule has 0 aliphatic rings. The van der Waals surface area contributed by atoms with E-state index >= 15 is 0 Å². The lowest BCUT2D eigenvalue weighted by atomic mass is 10.3. The number of aromatic amines is 1. The normalized spacial score (nSPS) is 12.0. The molecule has 0 aliphatic heterocycles. The second-order valence-electron chi connectivity index (χ2n) is 4.26. The van der Waals surface area contributed by atoms with Crippen molar-refractivity contribution in [3.8, 4) is 21.1 Å². The summed E-state index contributed by atoms with van der Waals surface area (Å²) in [5.41, 5.74) is 5.58. The van der Waals surface area contributed by atoms with E-state index in [1.54, 1.807) is 12.1 Å². The van der Waals surface area contributed by atoms with Crippen LogP contribution in [0.1, 0.15) is 5.69 Å². The Bertz CT molecular complexity index is 784. The molecule has 0 radical (unpaired) electrons. The summed E-state index contributed by atoms with van der Waals surface area (Å²) in [6, 6.07) is 4.45. The zero-order chi connectivity index (χ0) is 15.2. The molecule has 3 heterocycles. The number of hydrogen-bond donors (Lipinski definition) is 2. The van der Waals surface area contributed by atoms with E-state index < -0.39 is 11.9 Å². The smallest absolute Gasteiger partial charge is 0.380 e. The lowest BCUT2D eigenvalue weighted by Gasteiger charge is -1.98. The average Bonchev–Trinajstić information content (AvgIpc) is 3.06. The van der Waals surface area contributed by atoms with Gasteiger partial charge in [0.2, 0.25) is 0 Å². The second-order valence-corrected chi connectivity index (χ2v) is 5.34. The highest BCUT2D eigenvalue weighted by atomic mass is 32.1. The van der Waals surface area contributed by atoms with E-state index in [1.165, 1.54) is 23.1 Å². The summed E-state index contributed by atoms with van der Waals surface area (Å²) < 4.78 is 39.2. The molecule has 110 valence electrons. The fraction of sp³-hybridized carbons (Fsp3) is 0.182. The molecule has 0 aromatic carbocycles. The summed E-state index contributed by atoms with van der Waals surface area (Å²) in [5.74, 6) is 0.240. The highest BCUT2D eigenvalue weighted by molar-refractivity contribution is 7.18.